The van der Waals surface area contributed by atoms with E-state index in [9.17, 15) is 14.4 Å². The molecule has 1 N–H and O–H groups in total. The van der Waals surface area contributed by atoms with Gasteiger partial charge in [-0.25, -0.2) is 9.48 Å². The van der Waals surface area contributed by atoms with Crippen molar-refractivity contribution in [1.29, 1.82) is 0 Å². The molecule has 1 unspecified atom stereocenters. The van der Waals surface area contributed by atoms with E-state index in [2.05, 4.69) is 10.4 Å². The molecule has 2 amide bonds. The highest BCUT2D eigenvalue weighted by molar-refractivity contribution is 5.89. The summed E-state index contributed by atoms with van der Waals surface area (Å²) in [7, 11) is 0. The third kappa shape index (κ3) is 2.49. The van der Waals surface area contributed by atoms with Crippen LogP contribution in [-0.4, -0.2) is 49.5 Å². The van der Waals surface area contributed by atoms with Crippen molar-refractivity contribution in [1.82, 2.24) is 24.4 Å². The summed E-state index contributed by atoms with van der Waals surface area (Å²) in [5.41, 5.74) is 0.121. The molecule has 2 aliphatic rings. The van der Waals surface area contributed by atoms with Crippen LogP contribution in [-0.2, 0) is 16.1 Å². The molecule has 1 atom stereocenters. The van der Waals surface area contributed by atoms with E-state index in [1.165, 1.54) is 4.40 Å². The van der Waals surface area contributed by atoms with Crippen molar-refractivity contribution in [3.8, 4) is 0 Å². The molecule has 120 valence electrons. The van der Waals surface area contributed by atoms with Crippen LogP contribution in [0.3, 0.4) is 0 Å². The van der Waals surface area contributed by atoms with E-state index in [0.717, 1.165) is 17.5 Å². The first-order valence-electron chi connectivity index (χ1n) is 7.77. The summed E-state index contributed by atoms with van der Waals surface area (Å²) in [5.74, 6) is -0.380. The maximum Gasteiger partial charge on any atom is 0.350 e. The van der Waals surface area contributed by atoms with Crippen molar-refractivity contribution in [2.24, 2.45) is 0 Å². The molecule has 2 fully saturated rings. The first-order chi connectivity index (χ1) is 11.1. The third-order valence-electron chi connectivity index (χ3n) is 4.34. The minimum absolute atomic E-state index is 0.0109. The fraction of sp³-hybridized carbons (Fsp3) is 0.467. The smallest absolute Gasteiger partial charge is 0.343 e. The first kappa shape index (κ1) is 14.0. The maximum absolute atomic E-state index is 12.2. The summed E-state index contributed by atoms with van der Waals surface area (Å²) in [6, 6.07) is 5.09. The Labute approximate surface area is 131 Å². The summed E-state index contributed by atoms with van der Waals surface area (Å²) in [5, 5.41) is 6.83. The molecule has 2 aromatic rings. The standard InChI is InChI=1S/C15H17N5O3/c21-13(16-11-6-8-18(14(11)22)10-4-5-10)9-20-15(23)19-7-2-1-3-12(19)17-20/h1-3,7,10-11H,4-6,8-9H2,(H,16,21). The van der Waals surface area contributed by atoms with Crippen LogP contribution in [0.2, 0.25) is 0 Å². The Morgan fingerprint density at radius 3 is 2.83 bits per heavy atom. The molecule has 0 aromatic carbocycles. The minimum Gasteiger partial charge on any atom is -0.343 e. The van der Waals surface area contributed by atoms with Gasteiger partial charge in [-0.3, -0.25) is 14.0 Å². The van der Waals surface area contributed by atoms with Gasteiger partial charge in [0.25, 0.3) is 0 Å². The van der Waals surface area contributed by atoms with Gasteiger partial charge < -0.3 is 10.2 Å². The van der Waals surface area contributed by atoms with Gasteiger partial charge in [-0.2, -0.15) is 0 Å². The second-order valence-corrected chi connectivity index (χ2v) is 6.04. The summed E-state index contributed by atoms with van der Waals surface area (Å²) >= 11 is 0. The van der Waals surface area contributed by atoms with Gasteiger partial charge >= 0.3 is 5.69 Å². The van der Waals surface area contributed by atoms with Gasteiger partial charge in [-0.1, -0.05) is 6.07 Å². The van der Waals surface area contributed by atoms with E-state index in [4.69, 9.17) is 0 Å². The van der Waals surface area contributed by atoms with E-state index < -0.39 is 6.04 Å². The molecule has 2 aromatic heterocycles. The number of pyridine rings is 1. The molecule has 8 nitrogen and oxygen atoms in total. The topological polar surface area (TPSA) is 88.7 Å². The van der Waals surface area contributed by atoms with Crippen LogP contribution in [0.25, 0.3) is 5.65 Å². The lowest BCUT2D eigenvalue weighted by molar-refractivity contribution is -0.133. The molecule has 1 saturated heterocycles. The number of nitrogens with zero attached hydrogens (tertiary/aromatic N) is 4. The van der Waals surface area contributed by atoms with Crippen molar-refractivity contribution >= 4 is 17.5 Å². The van der Waals surface area contributed by atoms with E-state index in [0.29, 0.717) is 24.7 Å². The molecule has 23 heavy (non-hydrogen) atoms. The van der Waals surface area contributed by atoms with Gasteiger partial charge in [0.05, 0.1) is 0 Å². The zero-order chi connectivity index (χ0) is 16.0. The van der Waals surface area contributed by atoms with Crippen molar-refractivity contribution in [2.75, 3.05) is 6.54 Å². The molecule has 0 spiro atoms. The van der Waals surface area contributed by atoms with E-state index in [1.54, 1.807) is 24.4 Å². The summed E-state index contributed by atoms with van der Waals surface area (Å²) in [6.45, 7) is 0.510. The average molecular weight is 315 g/mol. The van der Waals surface area contributed by atoms with Gasteiger partial charge in [-0.15, -0.1) is 5.10 Å². The molecule has 3 heterocycles. The molecular weight excluding hydrogens is 298 g/mol. The maximum atomic E-state index is 12.2. The summed E-state index contributed by atoms with van der Waals surface area (Å²) in [4.78, 5) is 38.3. The Bertz CT molecular complexity index is 835. The number of fused-ring (bicyclic) bond motifs is 1. The highest BCUT2D eigenvalue weighted by atomic mass is 16.2. The lowest BCUT2D eigenvalue weighted by Gasteiger charge is -2.16. The molecular formula is C15H17N5O3. The van der Waals surface area contributed by atoms with Crippen LogP contribution >= 0.6 is 0 Å². The number of hydrogen-bond donors (Lipinski definition) is 1. The fourth-order valence-electron chi connectivity index (χ4n) is 3.03. The Morgan fingerprint density at radius 1 is 1.26 bits per heavy atom. The van der Waals surface area contributed by atoms with Crippen LogP contribution in [0.4, 0.5) is 0 Å². The van der Waals surface area contributed by atoms with Gasteiger partial charge in [-0.05, 0) is 31.4 Å². The SMILES string of the molecule is O=C(Cn1nc2ccccn2c1=O)NC1CCN(C2CC2)C1=O. The second kappa shape index (κ2) is 5.22. The van der Waals surface area contributed by atoms with Crippen molar-refractivity contribution < 1.29 is 9.59 Å². The molecule has 1 aliphatic carbocycles. The highest BCUT2D eigenvalue weighted by Gasteiger charge is 2.40. The number of carbonyl (C=O) groups is 2. The van der Waals surface area contributed by atoms with E-state index >= 15 is 0 Å². The zero-order valence-corrected chi connectivity index (χ0v) is 12.5. The molecule has 8 heteroatoms. The zero-order valence-electron chi connectivity index (χ0n) is 12.5. The quantitative estimate of drug-likeness (QED) is 0.814. The predicted molar refractivity (Wildman–Crippen MR) is 80.7 cm³/mol. The average Bonchev–Trinajstić information content (AvgIpc) is 3.25. The predicted octanol–water partition coefficient (Wildman–Crippen LogP) is -0.624. The normalized spacial score (nSPS) is 21.1. The molecule has 1 aliphatic heterocycles. The van der Waals surface area contributed by atoms with Gasteiger partial charge in [0.15, 0.2) is 5.65 Å². The Morgan fingerprint density at radius 2 is 2.09 bits per heavy atom. The van der Waals surface area contributed by atoms with Gasteiger partial charge in [0.2, 0.25) is 11.8 Å². The molecule has 4 rings (SSSR count). The number of amides is 2. The molecule has 1 saturated carbocycles. The number of carbonyl (C=O) groups excluding carboxylic acids is 2. The third-order valence-corrected chi connectivity index (χ3v) is 4.34. The van der Waals surface area contributed by atoms with Crippen LogP contribution in [0.15, 0.2) is 29.2 Å². The fourth-order valence-corrected chi connectivity index (χ4v) is 3.03. The van der Waals surface area contributed by atoms with E-state index in [-0.39, 0.29) is 24.0 Å². The number of aromatic nitrogens is 3. The Hall–Kier alpha value is -2.64. The van der Waals surface area contributed by atoms with Gasteiger partial charge in [0, 0.05) is 18.8 Å². The highest BCUT2D eigenvalue weighted by Crippen LogP contribution is 2.30. The van der Waals surface area contributed by atoms with Crippen LogP contribution in [0, 0.1) is 0 Å². The number of hydrogen-bond acceptors (Lipinski definition) is 4. The Balaban J connectivity index is 1.44. The summed E-state index contributed by atoms with van der Waals surface area (Å²) in [6.07, 6.45) is 4.35. The first-order valence-corrected chi connectivity index (χ1v) is 7.77. The van der Waals surface area contributed by atoms with Crippen molar-refractivity contribution in [3.63, 3.8) is 0 Å². The van der Waals surface area contributed by atoms with Crippen molar-refractivity contribution in [2.45, 2.75) is 37.9 Å². The lowest BCUT2D eigenvalue weighted by Crippen LogP contribution is -2.44. The van der Waals surface area contributed by atoms with Crippen LogP contribution in [0.5, 0.6) is 0 Å². The second-order valence-electron chi connectivity index (χ2n) is 6.04. The van der Waals surface area contributed by atoms with Crippen molar-refractivity contribution in [3.05, 3.63) is 34.9 Å². The molecule has 0 radical (unpaired) electrons. The van der Waals surface area contributed by atoms with Crippen LogP contribution in [0.1, 0.15) is 19.3 Å². The monoisotopic (exact) mass is 315 g/mol. The summed E-state index contributed by atoms with van der Waals surface area (Å²) < 4.78 is 2.49. The minimum atomic E-state index is -0.476. The number of rotatable bonds is 4. The lowest BCUT2D eigenvalue weighted by atomic mass is 10.2. The number of nitrogens with one attached hydrogen (secondary N) is 1. The molecule has 0 bridgehead atoms. The van der Waals surface area contributed by atoms with Crippen LogP contribution < -0.4 is 11.0 Å². The number of likely N-dealkylation sites (tertiary alicyclic amines) is 1. The Kier molecular flexibility index (Phi) is 3.17. The van der Waals surface area contributed by atoms with E-state index in [1.807, 2.05) is 4.90 Å². The van der Waals surface area contributed by atoms with Gasteiger partial charge in [0.1, 0.15) is 12.6 Å². The largest absolute Gasteiger partial charge is 0.350 e.